The van der Waals surface area contributed by atoms with Gasteiger partial charge in [0.2, 0.25) is 5.91 Å². The van der Waals surface area contributed by atoms with E-state index in [-0.39, 0.29) is 18.1 Å². The second-order valence-electron chi connectivity index (χ2n) is 5.78. The van der Waals surface area contributed by atoms with Gasteiger partial charge >= 0.3 is 0 Å². The Bertz CT molecular complexity index is 240. The fourth-order valence-electron chi connectivity index (χ4n) is 2.04. The molecule has 0 saturated carbocycles. The fourth-order valence-corrected chi connectivity index (χ4v) is 2.04. The molecule has 17 heavy (non-hydrogen) atoms. The number of carbonyl (C=O) groups is 1. The zero-order chi connectivity index (χ0) is 12.9. The lowest BCUT2D eigenvalue weighted by molar-refractivity contribution is -0.142. The first-order valence-electron chi connectivity index (χ1n) is 6.48. The maximum absolute atomic E-state index is 11.9. The third-order valence-electron chi connectivity index (χ3n) is 3.09. The van der Waals surface area contributed by atoms with Crippen LogP contribution in [0.15, 0.2) is 0 Å². The van der Waals surface area contributed by atoms with Crippen LogP contribution >= 0.6 is 0 Å². The minimum Gasteiger partial charge on any atom is -0.366 e. The number of nitrogens with zero attached hydrogens (tertiary/aromatic N) is 1. The molecule has 1 amide bonds. The number of hydrogen-bond acceptors (Lipinski definition) is 3. The lowest BCUT2D eigenvalue weighted by Crippen LogP contribution is -2.43. The molecular weight excluding hydrogens is 216 g/mol. The maximum Gasteiger partial charge on any atom is 0.248 e. The van der Waals surface area contributed by atoms with Gasteiger partial charge in [-0.1, -0.05) is 0 Å². The SMILES string of the molecule is CNCC1CCN(C(=O)COC(C)(C)C)CC1. The van der Waals surface area contributed by atoms with Gasteiger partial charge in [0.15, 0.2) is 0 Å². The highest BCUT2D eigenvalue weighted by Crippen LogP contribution is 2.17. The molecule has 0 aromatic rings. The smallest absolute Gasteiger partial charge is 0.248 e. The predicted molar refractivity (Wildman–Crippen MR) is 68.9 cm³/mol. The maximum atomic E-state index is 11.9. The lowest BCUT2D eigenvalue weighted by Gasteiger charge is -2.32. The van der Waals surface area contributed by atoms with Crippen LogP contribution in [0.4, 0.5) is 0 Å². The summed E-state index contributed by atoms with van der Waals surface area (Å²) in [7, 11) is 1.98. The van der Waals surface area contributed by atoms with Gasteiger partial charge in [0.05, 0.1) is 5.60 Å². The molecule has 0 aliphatic carbocycles. The van der Waals surface area contributed by atoms with Crippen LogP contribution in [0.25, 0.3) is 0 Å². The first-order chi connectivity index (χ1) is 7.92. The van der Waals surface area contributed by atoms with Crippen molar-refractivity contribution < 1.29 is 9.53 Å². The molecule has 0 bridgehead atoms. The third kappa shape index (κ3) is 5.50. The second kappa shape index (κ2) is 6.36. The fraction of sp³-hybridized carbons (Fsp3) is 0.923. The molecule has 1 fully saturated rings. The minimum atomic E-state index is -0.236. The summed E-state index contributed by atoms with van der Waals surface area (Å²) in [6, 6.07) is 0. The first kappa shape index (κ1) is 14.5. The topological polar surface area (TPSA) is 41.6 Å². The lowest BCUT2D eigenvalue weighted by atomic mass is 9.97. The molecule has 0 spiro atoms. The summed E-state index contributed by atoms with van der Waals surface area (Å²) in [6.45, 7) is 8.93. The number of piperidine rings is 1. The van der Waals surface area contributed by atoms with Gasteiger partial charge in [-0.15, -0.1) is 0 Å². The van der Waals surface area contributed by atoms with Crippen molar-refractivity contribution in [3.63, 3.8) is 0 Å². The Morgan fingerprint density at radius 3 is 2.41 bits per heavy atom. The highest BCUT2D eigenvalue weighted by Gasteiger charge is 2.23. The van der Waals surface area contributed by atoms with Crippen LogP contribution in [-0.4, -0.2) is 49.7 Å². The van der Waals surface area contributed by atoms with E-state index < -0.39 is 0 Å². The van der Waals surface area contributed by atoms with Gasteiger partial charge in [-0.3, -0.25) is 4.79 Å². The number of rotatable bonds is 4. The Kier molecular flexibility index (Phi) is 5.40. The van der Waals surface area contributed by atoms with E-state index in [1.54, 1.807) is 0 Å². The van der Waals surface area contributed by atoms with E-state index >= 15 is 0 Å². The second-order valence-corrected chi connectivity index (χ2v) is 5.78. The molecule has 1 heterocycles. The average Bonchev–Trinajstić information content (AvgIpc) is 2.26. The summed E-state index contributed by atoms with van der Waals surface area (Å²) < 4.78 is 5.52. The van der Waals surface area contributed by atoms with Crippen LogP contribution in [0.1, 0.15) is 33.6 Å². The van der Waals surface area contributed by atoms with E-state index in [4.69, 9.17) is 4.74 Å². The molecule has 1 N–H and O–H groups in total. The van der Waals surface area contributed by atoms with Crippen molar-refractivity contribution in [3.8, 4) is 0 Å². The normalized spacial score (nSPS) is 18.5. The van der Waals surface area contributed by atoms with Crippen LogP contribution in [0, 0.1) is 5.92 Å². The van der Waals surface area contributed by atoms with Crippen LogP contribution in [-0.2, 0) is 9.53 Å². The van der Waals surface area contributed by atoms with Crippen molar-refractivity contribution >= 4 is 5.91 Å². The minimum absolute atomic E-state index is 0.128. The largest absolute Gasteiger partial charge is 0.366 e. The van der Waals surface area contributed by atoms with Gasteiger partial charge in [-0.05, 0) is 53.1 Å². The zero-order valence-corrected chi connectivity index (χ0v) is 11.6. The molecule has 1 aliphatic heterocycles. The summed E-state index contributed by atoms with van der Waals surface area (Å²) in [5.41, 5.74) is -0.236. The highest BCUT2D eigenvalue weighted by atomic mass is 16.5. The number of carbonyl (C=O) groups excluding carboxylic acids is 1. The number of ether oxygens (including phenoxy) is 1. The van der Waals surface area contributed by atoms with Crippen LogP contribution in [0.2, 0.25) is 0 Å². The summed E-state index contributed by atoms with van der Waals surface area (Å²) >= 11 is 0. The Labute approximate surface area is 105 Å². The van der Waals surface area contributed by atoms with E-state index in [0.29, 0.717) is 5.92 Å². The van der Waals surface area contributed by atoms with Crippen molar-refractivity contribution in [2.45, 2.75) is 39.2 Å². The Hall–Kier alpha value is -0.610. The van der Waals surface area contributed by atoms with Crippen LogP contribution < -0.4 is 5.32 Å². The zero-order valence-electron chi connectivity index (χ0n) is 11.6. The van der Waals surface area contributed by atoms with Gasteiger partial charge in [0.1, 0.15) is 6.61 Å². The number of amides is 1. The molecule has 4 heteroatoms. The molecule has 0 atom stereocenters. The van der Waals surface area contributed by atoms with Crippen molar-refractivity contribution in [1.82, 2.24) is 10.2 Å². The predicted octanol–water partition coefficient (Wildman–Crippen LogP) is 1.26. The number of likely N-dealkylation sites (tertiary alicyclic amines) is 1. The van der Waals surface area contributed by atoms with Crippen molar-refractivity contribution in [2.24, 2.45) is 5.92 Å². The van der Waals surface area contributed by atoms with Crippen LogP contribution in [0.3, 0.4) is 0 Å². The molecule has 1 saturated heterocycles. The molecule has 0 unspecified atom stereocenters. The Morgan fingerprint density at radius 1 is 1.35 bits per heavy atom. The van der Waals surface area contributed by atoms with Crippen LogP contribution in [0.5, 0.6) is 0 Å². The molecule has 1 aliphatic rings. The molecule has 0 radical (unpaired) electrons. The van der Waals surface area contributed by atoms with Gasteiger partial charge in [-0.2, -0.15) is 0 Å². The van der Waals surface area contributed by atoms with Crippen molar-refractivity contribution in [1.29, 1.82) is 0 Å². The first-order valence-corrected chi connectivity index (χ1v) is 6.48. The van der Waals surface area contributed by atoms with Gasteiger partial charge in [-0.25, -0.2) is 0 Å². The molecule has 0 aromatic heterocycles. The number of nitrogens with one attached hydrogen (secondary N) is 1. The standard InChI is InChI=1S/C13H26N2O2/c1-13(2,3)17-10-12(16)15-7-5-11(6-8-15)9-14-4/h11,14H,5-10H2,1-4H3. The summed E-state index contributed by atoms with van der Waals surface area (Å²) in [6.07, 6.45) is 2.20. The molecule has 100 valence electrons. The Morgan fingerprint density at radius 2 is 1.94 bits per heavy atom. The molecule has 4 nitrogen and oxygen atoms in total. The quantitative estimate of drug-likeness (QED) is 0.807. The van der Waals surface area contributed by atoms with Gasteiger partial charge in [0.25, 0.3) is 0 Å². The monoisotopic (exact) mass is 242 g/mol. The van der Waals surface area contributed by atoms with Crippen molar-refractivity contribution in [3.05, 3.63) is 0 Å². The average molecular weight is 242 g/mol. The van der Waals surface area contributed by atoms with E-state index in [2.05, 4.69) is 5.32 Å². The van der Waals surface area contributed by atoms with E-state index in [1.165, 1.54) is 0 Å². The van der Waals surface area contributed by atoms with E-state index in [9.17, 15) is 4.79 Å². The number of hydrogen-bond donors (Lipinski definition) is 1. The summed E-state index contributed by atoms with van der Waals surface area (Å²) in [5.74, 6) is 0.843. The summed E-state index contributed by atoms with van der Waals surface area (Å²) in [4.78, 5) is 13.8. The van der Waals surface area contributed by atoms with Gasteiger partial charge in [0, 0.05) is 13.1 Å². The Balaban J connectivity index is 2.26. The molecular formula is C13H26N2O2. The highest BCUT2D eigenvalue weighted by molar-refractivity contribution is 5.77. The van der Waals surface area contributed by atoms with Gasteiger partial charge < -0.3 is 15.0 Å². The molecule has 1 rings (SSSR count). The third-order valence-corrected chi connectivity index (χ3v) is 3.09. The van der Waals surface area contributed by atoms with E-state index in [0.717, 1.165) is 32.5 Å². The molecule has 0 aromatic carbocycles. The summed E-state index contributed by atoms with van der Waals surface area (Å²) in [5, 5.41) is 3.20. The van der Waals surface area contributed by atoms with Crippen molar-refractivity contribution in [2.75, 3.05) is 33.3 Å². The van der Waals surface area contributed by atoms with E-state index in [1.807, 2.05) is 32.7 Å².